The van der Waals surface area contributed by atoms with Gasteiger partial charge in [-0.05, 0) is 31.1 Å². The van der Waals surface area contributed by atoms with Crippen molar-refractivity contribution in [3.63, 3.8) is 0 Å². The second-order valence-corrected chi connectivity index (χ2v) is 3.80. The summed E-state index contributed by atoms with van der Waals surface area (Å²) in [6, 6.07) is 0. The molecule has 0 aromatic heterocycles. The molecule has 3 atom stereocenters. The molecule has 2 rings (SSSR count). The Bertz CT molecular complexity index is 174. The molecule has 1 saturated heterocycles. The molecule has 0 amide bonds. The number of hydrogen-bond donors (Lipinski definition) is 0. The number of hydrogen-bond acceptors (Lipinski definition) is 2. The molecule has 0 N–H and O–H groups in total. The second-order valence-electron chi connectivity index (χ2n) is 3.80. The molecule has 0 bridgehead atoms. The first kappa shape index (κ1) is 7.14. The Hall–Kier alpha value is -0.530. The lowest BCUT2D eigenvalue weighted by Gasteiger charge is -2.26. The Morgan fingerprint density at radius 3 is 2.91 bits per heavy atom. The Morgan fingerprint density at radius 1 is 1.36 bits per heavy atom. The molecule has 0 aromatic rings. The van der Waals surface area contributed by atoms with Gasteiger partial charge in [-0.25, -0.2) is 0 Å². The van der Waals surface area contributed by atoms with Crippen molar-refractivity contribution < 1.29 is 9.53 Å². The number of carbonyl (C=O) groups is 1. The summed E-state index contributed by atoms with van der Waals surface area (Å²) in [5.74, 6) is 1.51. The third kappa shape index (κ3) is 1.05. The van der Waals surface area contributed by atoms with E-state index in [-0.39, 0.29) is 11.9 Å². The smallest absolute Gasteiger partial charge is 0.309 e. The summed E-state index contributed by atoms with van der Waals surface area (Å²) in [6.45, 7) is 2.82. The van der Waals surface area contributed by atoms with Crippen LogP contribution in [0.25, 0.3) is 0 Å². The van der Waals surface area contributed by atoms with Crippen LogP contribution in [0.5, 0.6) is 0 Å². The highest BCUT2D eigenvalue weighted by Crippen LogP contribution is 2.41. The topological polar surface area (TPSA) is 26.3 Å². The van der Waals surface area contributed by atoms with E-state index in [1.165, 1.54) is 12.8 Å². The first-order valence-electron chi connectivity index (χ1n) is 4.45. The van der Waals surface area contributed by atoms with Crippen LogP contribution in [0.2, 0.25) is 0 Å². The molecule has 1 aliphatic heterocycles. The Balaban J connectivity index is 2.14. The van der Waals surface area contributed by atoms with Crippen LogP contribution in [0.4, 0.5) is 0 Å². The minimum atomic E-state index is 0.0613. The van der Waals surface area contributed by atoms with Crippen molar-refractivity contribution in [1.29, 1.82) is 0 Å². The van der Waals surface area contributed by atoms with Crippen molar-refractivity contribution in [2.24, 2.45) is 17.8 Å². The monoisotopic (exact) mass is 154 g/mol. The fraction of sp³-hybridized carbons (Fsp3) is 0.889. The average molecular weight is 154 g/mol. The van der Waals surface area contributed by atoms with Crippen LogP contribution in [-0.2, 0) is 9.53 Å². The molecule has 0 aromatic carbocycles. The lowest BCUT2D eigenvalue weighted by molar-refractivity contribution is -0.156. The molecule has 2 aliphatic rings. The summed E-state index contributed by atoms with van der Waals surface area (Å²) in [5, 5.41) is 0. The number of carbonyl (C=O) groups excluding carboxylic acids is 1. The van der Waals surface area contributed by atoms with Gasteiger partial charge in [0.15, 0.2) is 0 Å². The zero-order valence-electron chi connectivity index (χ0n) is 6.88. The van der Waals surface area contributed by atoms with E-state index in [4.69, 9.17) is 4.74 Å². The van der Waals surface area contributed by atoms with E-state index < -0.39 is 0 Å². The highest BCUT2D eigenvalue weighted by atomic mass is 16.5. The molecule has 2 unspecified atom stereocenters. The SMILES string of the molecule is C[C@H]1CCC2CCOC(=O)C21. The Labute approximate surface area is 66.9 Å². The molecule has 2 nitrogen and oxygen atoms in total. The van der Waals surface area contributed by atoms with Crippen LogP contribution in [0.15, 0.2) is 0 Å². The predicted octanol–water partition coefficient (Wildman–Crippen LogP) is 1.60. The summed E-state index contributed by atoms with van der Waals surface area (Å²) < 4.78 is 5.02. The maximum Gasteiger partial charge on any atom is 0.309 e. The number of fused-ring (bicyclic) bond motifs is 1. The van der Waals surface area contributed by atoms with Crippen molar-refractivity contribution in [3.05, 3.63) is 0 Å². The van der Waals surface area contributed by atoms with Crippen LogP contribution in [-0.4, -0.2) is 12.6 Å². The summed E-state index contributed by atoms with van der Waals surface area (Å²) in [6.07, 6.45) is 3.55. The summed E-state index contributed by atoms with van der Waals surface area (Å²) in [4.78, 5) is 11.3. The maximum absolute atomic E-state index is 11.3. The summed E-state index contributed by atoms with van der Waals surface area (Å²) in [5.41, 5.74) is 0. The molecular weight excluding hydrogens is 140 g/mol. The molecular formula is C9H14O2. The summed E-state index contributed by atoms with van der Waals surface area (Å²) >= 11 is 0. The van der Waals surface area contributed by atoms with E-state index in [0.29, 0.717) is 18.4 Å². The molecule has 0 spiro atoms. The van der Waals surface area contributed by atoms with Crippen LogP contribution in [0.3, 0.4) is 0 Å². The Kier molecular flexibility index (Phi) is 1.63. The van der Waals surface area contributed by atoms with E-state index in [0.717, 1.165) is 6.42 Å². The van der Waals surface area contributed by atoms with Gasteiger partial charge in [-0.1, -0.05) is 6.92 Å². The molecule has 1 aliphatic carbocycles. The van der Waals surface area contributed by atoms with Gasteiger partial charge in [0.25, 0.3) is 0 Å². The normalized spacial score (nSPS) is 43.4. The highest BCUT2D eigenvalue weighted by Gasteiger charge is 2.41. The van der Waals surface area contributed by atoms with Crippen LogP contribution in [0.1, 0.15) is 26.2 Å². The third-order valence-corrected chi connectivity index (χ3v) is 3.12. The zero-order valence-corrected chi connectivity index (χ0v) is 6.88. The molecule has 2 fully saturated rings. The number of rotatable bonds is 0. The minimum Gasteiger partial charge on any atom is -0.465 e. The van der Waals surface area contributed by atoms with E-state index in [1.54, 1.807) is 0 Å². The number of esters is 1. The summed E-state index contributed by atoms with van der Waals surface area (Å²) in [7, 11) is 0. The van der Waals surface area contributed by atoms with Gasteiger partial charge in [0, 0.05) is 0 Å². The quantitative estimate of drug-likeness (QED) is 0.495. The van der Waals surface area contributed by atoms with Gasteiger partial charge >= 0.3 is 5.97 Å². The van der Waals surface area contributed by atoms with Crippen LogP contribution in [0, 0.1) is 17.8 Å². The maximum atomic E-state index is 11.3. The first-order chi connectivity index (χ1) is 5.29. The van der Waals surface area contributed by atoms with Gasteiger partial charge in [0.1, 0.15) is 0 Å². The molecule has 11 heavy (non-hydrogen) atoms. The average Bonchev–Trinajstić information content (AvgIpc) is 2.34. The van der Waals surface area contributed by atoms with E-state index >= 15 is 0 Å². The van der Waals surface area contributed by atoms with Gasteiger partial charge < -0.3 is 4.74 Å². The molecule has 1 saturated carbocycles. The second kappa shape index (κ2) is 2.50. The molecule has 1 heterocycles. The minimum absolute atomic E-state index is 0.0613. The van der Waals surface area contributed by atoms with E-state index in [9.17, 15) is 4.79 Å². The molecule has 0 radical (unpaired) electrons. The molecule has 2 heteroatoms. The van der Waals surface area contributed by atoms with Gasteiger partial charge in [0.2, 0.25) is 0 Å². The van der Waals surface area contributed by atoms with Crippen LogP contribution < -0.4 is 0 Å². The van der Waals surface area contributed by atoms with Gasteiger partial charge in [-0.15, -0.1) is 0 Å². The predicted molar refractivity (Wildman–Crippen MR) is 41.0 cm³/mol. The lowest BCUT2D eigenvalue weighted by atomic mass is 9.87. The third-order valence-electron chi connectivity index (χ3n) is 3.12. The van der Waals surface area contributed by atoms with Gasteiger partial charge in [0.05, 0.1) is 12.5 Å². The molecule has 62 valence electrons. The standard InChI is InChI=1S/C9H14O2/c1-6-2-3-7-4-5-11-9(10)8(6)7/h6-8H,2-5H2,1H3/t6-,7?,8?/m0/s1. The van der Waals surface area contributed by atoms with Crippen molar-refractivity contribution in [1.82, 2.24) is 0 Å². The van der Waals surface area contributed by atoms with E-state index in [2.05, 4.69) is 6.92 Å². The van der Waals surface area contributed by atoms with Crippen molar-refractivity contribution in [2.75, 3.05) is 6.61 Å². The fourth-order valence-electron chi connectivity index (χ4n) is 2.46. The lowest BCUT2D eigenvalue weighted by Crippen LogP contribution is -2.31. The number of ether oxygens (including phenoxy) is 1. The fourth-order valence-corrected chi connectivity index (χ4v) is 2.46. The van der Waals surface area contributed by atoms with Gasteiger partial charge in [-0.3, -0.25) is 4.79 Å². The van der Waals surface area contributed by atoms with Crippen molar-refractivity contribution in [2.45, 2.75) is 26.2 Å². The Morgan fingerprint density at radius 2 is 2.18 bits per heavy atom. The van der Waals surface area contributed by atoms with Crippen LogP contribution >= 0.6 is 0 Å². The number of cyclic esters (lactones) is 1. The largest absolute Gasteiger partial charge is 0.465 e. The zero-order chi connectivity index (χ0) is 7.84. The first-order valence-corrected chi connectivity index (χ1v) is 4.45. The van der Waals surface area contributed by atoms with E-state index in [1.807, 2.05) is 0 Å². The highest BCUT2D eigenvalue weighted by molar-refractivity contribution is 5.74. The van der Waals surface area contributed by atoms with Crippen molar-refractivity contribution in [3.8, 4) is 0 Å². The van der Waals surface area contributed by atoms with Crippen molar-refractivity contribution >= 4 is 5.97 Å². The van der Waals surface area contributed by atoms with Gasteiger partial charge in [-0.2, -0.15) is 0 Å².